The SMILES string of the molecule is COc1ccc(O)cc1NC(=O)c1cn[nH]c1C1CNC1.O=C(O)C(F)(F)F. The molecule has 9 nitrogen and oxygen atoms in total. The van der Waals surface area contributed by atoms with Gasteiger partial charge in [-0.1, -0.05) is 0 Å². The maximum absolute atomic E-state index is 12.4. The highest BCUT2D eigenvalue weighted by atomic mass is 19.4. The largest absolute Gasteiger partial charge is 0.508 e. The van der Waals surface area contributed by atoms with Gasteiger partial charge in [0.05, 0.1) is 30.3 Å². The highest BCUT2D eigenvalue weighted by molar-refractivity contribution is 6.05. The number of aromatic nitrogens is 2. The zero-order valence-corrected chi connectivity index (χ0v) is 14.5. The van der Waals surface area contributed by atoms with Crippen LogP contribution in [-0.2, 0) is 4.79 Å². The average Bonchev–Trinajstić information content (AvgIpc) is 3.02. The van der Waals surface area contributed by atoms with Gasteiger partial charge in [-0.05, 0) is 12.1 Å². The molecule has 0 radical (unpaired) electrons. The quantitative estimate of drug-likeness (QED) is 0.525. The van der Waals surface area contributed by atoms with Crippen LogP contribution in [0.4, 0.5) is 18.9 Å². The lowest BCUT2D eigenvalue weighted by molar-refractivity contribution is -0.192. The van der Waals surface area contributed by atoms with Crippen molar-refractivity contribution in [2.24, 2.45) is 0 Å². The third kappa shape index (κ3) is 5.13. The van der Waals surface area contributed by atoms with E-state index in [1.807, 2.05) is 0 Å². The van der Waals surface area contributed by atoms with E-state index in [2.05, 4.69) is 20.8 Å². The molecule has 0 atom stereocenters. The van der Waals surface area contributed by atoms with E-state index in [0.717, 1.165) is 18.8 Å². The molecule has 1 saturated heterocycles. The maximum Gasteiger partial charge on any atom is 0.490 e. The highest BCUT2D eigenvalue weighted by Gasteiger charge is 2.38. The summed E-state index contributed by atoms with van der Waals surface area (Å²) in [5.41, 5.74) is 1.75. The van der Waals surface area contributed by atoms with Crippen LogP contribution in [0.15, 0.2) is 24.4 Å². The van der Waals surface area contributed by atoms with E-state index >= 15 is 0 Å². The van der Waals surface area contributed by atoms with Crippen molar-refractivity contribution in [2.45, 2.75) is 12.1 Å². The minimum Gasteiger partial charge on any atom is -0.508 e. The van der Waals surface area contributed by atoms with Crippen LogP contribution in [0.1, 0.15) is 22.0 Å². The number of halogens is 3. The van der Waals surface area contributed by atoms with Gasteiger partial charge in [0.2, 0.25) is 0 Å². The Balaban J connectivity index is 0.000000345. The van der Waals surface area contributed by atoms with Gasteiger partial charge in [0.25, 0.3) is 5.91 Å². The number of H-pyrrole nitrogens is 1. The zero-order chi connectivity index (χ0) is 20.9. The Morgan fingerprint density at radius 2 is 1.96 bits per heavy atom. The standard InChI is InChI=1S/C14H16N4O3.C2HF3O2/c1-21-12-3-2-9(19)4-11(12)17-14(20)10-7-16-18-13(10)8-5-15-6-8;3-2(4,5)1(6)7/h2-4,7-8,15,19H,5-6H2,1H3,(H,16,18)(H,17,20);(H,6,7). The summed E-state index contributed by atoms with van der Waals surface area (Å²) in [6, 6.07) is 4.54. The number of alkyl halides is 3. The van der Waals surface area contributed by atoms with E-state index in [4.69, 9.17) is 14.6 Å². The molecule has 0 saturated carbocycles. The molecule has 12 heteroatoms. The van der Waals surface area contributed by atoms with Gasteiger partial charge in [0, 0.05) is 25.1 Å². The minimum atomic E-state index is -5.08. The Bertz CT molecular complexity index is 849. The van der Waals surface area contributed by atoms with E-state index in [0.29, 0.717) is 17.0 Å². The number of carbonyl (C=O) groups excluding carboxylic acids is 1. The number of anilines is 1. The number of carbonyl (C=O) groups is 2. The molecular weight excluding hydrogens is 385 g/mol. The fourth-order valence-corrected chi connectivity index (χ4v) is 2.26. The third-order valence-corrected chi connectivity index (χ3v) is 3.78. The number of methoxy groups -OCH3 is 1. The Labute approximate surface area is 156 Å². The first-order valence-corrected chi connectivity index (χ1v) is 7.86. The lowest BCUT2D eigenvalue weighted by Gasteiger charge is -2.26. The van der Waals surface area contributed by atoms with Crippen molar-refractivity contribution in [3.05, 3.63) is 35.7 Å². The number of hydrogen-bond donors (Lipinski definition) is 5. The number of aliphatic carboxylic acids is 1. The Morgan fingerprint density at radius 1 is 1.32 bits per heavy atom. The fourth-order valence-electron chi connectivity index (χ4n) is 2.26. The van der Waals surface area contributed by atoms with Crippen LogP contribution in [0, 0.1) is 0 Å². The monoisotopic (exact) mass is 402 g/mol. The van der Waals surface area contributed by atoms with Crippen molar-refractivity contribution in [3.8, 4) is 11.5 Å². The summed E-state index contributed by atoms with van der Waals surface area (Å²) in [7, 11) is 1.51. The number of aromatic hydroxyl groups is 1. The van der Waals surface area contributed by atoms with Gasteiger partial charge < -0.3 is 25.6 Å². The molecule has 1 aromatic carbocycles. The minimum absolute atomic E-state index is 0.0571. The van der Waals surface area contributed by atoms with Crippen LogP contribution in [0.5, 0.6) is 11.5 Å². The van der Waals surface area contributed by atoms with Crippen LogP contribution < -0.4 is 15.4 Å². The molecule has 1 aliphatic heterocycles. The second-order valence-electron chi connectivity index (χ2n) is 5.69. The van der Waals surface area contributed by atoms with Crippen LogP contribution in [0.2, 0.25) is 0 Å². The number of nitrogens with zero attached hydrogens (tertiary/aromatic N) is 1. The normalized spacial score (nSPS) is 13.7. The van der Waals surface area contributed by atoms with Crippen LogP contribution in [0.3, 0.4) is 0 Å². The molecule has 1 aromatic heterocycles. The van der Waals surface area contributed by atoms with E-state index < -0.39 is 12.1 Å². The number of carboxylic acids is 1. The first-order valence-electron chi connectivity index (χ1n) is 7.86. The molecule has 0 bridgehead atoms. The van der Waals surface area contributed by atoms with Gasteiger partial charge in [-0.25, -0.2) is 4.79 Å². The second-order valence-corrected chi connectivity index (χ2v) is 5.69. The van der Waals surface area contributed by atoms with E-state index in [1.54, 1.807) is 6.07 Å². The summed E-state index contributed by atoms with van der Waals surface area (Å²) in [6.45, 7) is 1.66. The predicted octanol–water partition coefficient (Wildman–Crippen LogP) is 1.70. The molecule has 1 amide bonds. The van der Waals surface area contributed by atoms with Crippen molar-refractivity contribution in [1.29, 1.82) is 0 Å². The summed E-state index contributed by atoms with van der Waals surface area (Å²) >= 11 is 0. The number of ether oxygens (including phenoxy) is 1. The van der Waals surface area contributed by atoms with Crippen molar-refractivity contribution in [3.63, 3.8) is 0 Å². The summed E-state index contributed by atoms with van der Waals surface area (Å²) in [4.78, 5) is 21.3. The first kappa shape index (κ1) is 21.0. The van der Waals surface area contributed by atoms with Crippen molar-refractivity contribution >= 4 is 17.6 Å². The van der Waals surface area contributed by atoms with Crippen LogP contribution >= 0.6 is 0 Å². The number of phenols is 1. The Kier molecular flexibility index (Phi) is 6.46. The molecule has 2 heterocycles. The molecule has 28 heavy (non-hydrogen) atoms. The molecule has 1 aliphatic rings. The van der Waals surface area contributed by atoms with E-state index in [9.17, 15) is 23.1 Å². The lowest BCUT2D eigenvalue weighted by atomic mass is 9.96. The average molecular weight is 402 g/mol. The molecule has 0 unspecified atom stereocenters. The molecule has 152 valence electrons. The van der Waals surface area contributed by atoms with Crippen LogP contribution in [0.25, 0.3) is 0 Å². The molecular formula is C16H17F3N4O5. The smallest absolute Gasteiger partial charge is 0.490 e. The Morgan fingerprint density at radius 3 is 2.46 bits per heavy atom. The summed E-state index contributed by atoms with van der Waals surface area (Å²) in [6.07, 6.45) is -3.57. The van der Waals surface area contributed by atoms with Gasteiger partial charge in [0.15, 0.2) is 0 Å². The summed E-state index contributed by atoms with van der Waals surface area (Å²) in [5.74, 6) is -2.22. The molecule has 0 aliphatic carbocycles. The summed E-state index contributed by atoms with van der Waals surface area (Å²) < 4.78 is 36.9. The number of carboxylic acid groups (broad SMARTS) is 1. The van der Waals surface area contributed by atoms with Crippen molar-refractivity contribution in [2.75, 3.05) is 25.5 Å². The van der Waals surface area contributed by atoms with Gasteiger partial charge in [0.1, 0.15) is 11.5 Å². The number of benzene rings is 1. The number of amides is 1. The number of phenolic OH excluding ortho intramolecular Hbond substituents is 1. The van der Waals surface area contributed by atoms with Gasteiger partial charge >= 0.3 is 12.1 Å². The molecule has 5 N–H and O–H groups in total. The lowest BCUT2D eigenvalue weighted by Crippen LogP contribution is -2.41. The zero-order valence-electron chi connectivity index (χ0n) is 14.5. The van der Waals surface area contributed by atoms with E-state index in [1.165, 1.54) is 25.4 Å². The van der Waals surface area contributed by atoms with Gasteiger partial charge in [-0.15, -0.1) is 0 Å². The van der Waals surface area contributed by atoms with Crippen LogP contribution in [-0.4, -0.2) is 58.7 Å². The van der Waals surface area contributed by atoms with Gasteiger partial charge in [-0.3, -0.25) is 9.89 Å². The fraction of sp³-hybridized carbons (Fsp3) is 0.312. The maximum atomic E-state index is 12.4. The van der Waals surface area contributed by atoms with Crippen molar-refractivity contribution < 1.29 is 37.7 Å². The van der Waals surface area contributed by atoms with Gasteiger partial charge in [-0.2, -0.15) is 18.3 Å². The molecule has 0 spiro atoms. The number of aromatic amines is 1. The highest BCUT2D eigenvalue weighted by Crippen LogP contribution is 2.29. The third-order valence-electron chi connectivity index (χ3n) is 3.78. The summed E-state index contributed by atoms with van der Waals surface area (Å²) in [5, 5.41) is 29.4. The second kappa shape index (κ2) is 8.61. The molecule has 3 rings (SSSR count). The van der Waals surface area contributed by atoms with E-state index in [-0.39, 0.29) is 17.6 Å². The topological polar surface area (TPSA) is 137 Å². The van der Waals surface area contributed by atoms with Crippen molar-refractivity contribution in [1.82, 2.24) is 15.5 Å². The molecule has 2 aromatic rings. The Hall–Kier alpha value is -3.28. The first-order chi connectivity index (χ1) is 13.1. The predicted molar refractivity (Wildman–Crippen MR) is 90.5 cm³/mol. The molecule has 1 fully saturated rings. The number of rotatable bonds is 4. The number of hydrogen-bond acceptors (Lipinski definition) is 6. The number of nitrogens with one attached hydrogen (secondary N) is 3.